The van der Waals surface area contributed by atoms with E-state index in [4.69, 9.17) is 13.8 Å². The zero-order valence-corrected chi connectivity index (χ0v) is 16.6. The van der Waals surface area contributed by atoms with E-state index in [1.165, 1.54) is 13.1 Å². The van der Waals surface area contributed by atoms with E-state index in [9.17, 15) is 23.7 Å². The van der Waals surface area contributed by atoms with E-state index in [1.54, 1.807) is 20.8 Å². The van der Waals surface area contributed by atoms with Crippen molar-refractivity contribution in [2.75, 3.05) is 19.4 Å². The number of aliphatic hydroxyl groups is 1. The van der Waals surface area contributed by atoms with E-state index >= 15 is 0 Å². The second kappa shape index (κ2) is 8.79. The van der Waals surface area contributed by atoms with Crippen molar-refractivity contribution in [2.45, 2.75) is 52.3 Å². The Morgan fingerprint density at radius 3 is 2.52 bits per heavy atom. The molecule has 1 fully saturated rings. The Kier molecular flexibility index (Phi) is 7.15. The first-order valence-corrected chi connectivity index (χ1v) is 10.5. The molecule has 11 heteroatoms. The molecule has 2 N–H and O–H groups in total. The normalized spacial score (nSPS) is 27.0. The summed E-state index contributed by atoms with van der Waals surface area (Å²) in [5.41, 5.74) is -1.22. The van der Waals surface area contributed by atoms with E-state index in [2.05, 4.69) is 4.98 Å². The van der Waals surface area contributed by atoms with Crippen LogP contribution in [0.5, 0.6) is 0 Å². The fraction of sp³-hybridized carbons (Fsp3) is 0.750. The molecule has 5 atom stereocenters. The minimum absolute atomic E-state index is 0.0740. The Hall–Kier alpha value is -1.32. The second-order valence-electron chi connectivity index (χ2n) is 6.51. The fourth-order valence-electron chi connectivity index (χ4n) is 3.12. The lowest BCUT2D eigenvalue weighted by Gasteiger charge is -2.26. The van der Waals surface area contributed by atoms with Gasteiger partial charge in [-0.25, -0.2) is 9.18 Å². The highest BCUT2D eigenvalue weighted by Crippen LogP contribution is 2.51. The topological polar surface area (TPSA) is 120 Å². The lowest BCUT2D eigenvalue weighted by Crippen LogP contribution is -2.37. The molecule has 0 saturated carbocycles. The minimum Gasteiger partial charge on any atom is -0.387 e. The highest BCUT2D eigenvalue weighted by Gasteiger charge is 2.49. The number of nitrogens with zero attached hydrogens (tertiary/aromatic N) is 1. The summed E-state index contributed by atoms with van der Waals surface area (Å²) in [6.07, 6.45) is -4.77. The average molecular weight is 408 g/mol. The lowest BCUT2D eigenvalue weighted by atomic mass is 10.0. The Balaban J connectivity index is 2.23. The van der Waals surface area contributed by atoms with Crippen LogP contribution in [-0.2, 0) is 18.3 Å². The van der Waals surface area contributed by atoms with Crippen LogP contribution in [0.25, 0.3) is 0 Å². The zero-order valence-electron chi connectivity index (χ0n) is 15.8. The van der Waals surface area contributed by atoms with Crippen molar-refractivity contribution in [1.82, 2.24) is 9.55 Å². The van der Waals surface area contributed by atoms with Crippen molar-refractivity contribution >= 4 is 7.60 Å². The number of H-pyrrole nitrogens is 1. The highest BCUT2D eigenvalue weighted by atomic mass is 31.2. The maximum Gasteiger partial charge on any atom is 0.331 e. The number of aromatic nitrogens is 2. The number of ether oxygens (including phenoxy) is 1. The smallest absolute Gasteiger partial charge is 0.331 e. The van der Waals surface area contributed by atoms with E-state index in [1.807, 2.05) is 0 Å². The van der Waals surface area contributed by atoms with Crippen LogP contribution in [0.3, 0.4) is 0 Å². The molecule has 0 unspecified atom stereocenters. The molecular weight excluding hydrogens is 382 g/mol. The first-order valence-electron chi connectivity index (χ1n) is 8.81. The van der Waals surface area contributed by atoms with Gasteiger partial charge in [-0.15, -0.1) is 0 Å². The molecule has 1 aromatic rings. The Morgan fingerprint density at radius 2 is 1.96 bits per heavy atom. The van der Waals surface area contributed by atoms with Gasteiger partial charge in [-0.05, 0) is 26.7 Å². The highest BCUT2D eigenvalue weighted by molar-refractivity contribution is 7.53. The number of halogens is 1. The van der Waals surface area contributed by atoms with Gasteiger partial charge in [0.15, 0.2) is 12.4 Å². The van der Waals surface area contributed by atoms with E-state index < -0.39 is 49.4 Å². The van der Waals surface area contributed by atoms with Gasteiger partial charge in [0.05, 0.1) is 25.5 Å². The maximum absolute atomic E-state index is 14.7. The summed E-state index contributed by atoms with van der Waals surface area (Å²) >= 11 is 0. The number of aromatic amines is 1. The maximum atomic E-state index is 14.7. The third-order valence-electron chi connectivity index (χ3n) is 4.38. The van der Waals surface area contributed by atoms with E-state index in [0.29, 0.717) is 0 Å². The number of alkyl halides is 1. The van der Waals surface area contributed by atoms with Gasteiger partial charge >= 0.3 is 13.3 Å². The Labute approximate surface area is 156 Å². The van der Waals surface area contributed by atoms with Crippen LogP contribution < -0.4 is 11.2 Å². The summed E-state index contributed by atoms with van der Waals surface area (Å²) in [5, 5.41) is 10.3. The summed E-state index contributed by atoms with van der Waals surface area (Å²) in [6, 6.07) is 0. The molecule has 0 aliphatic carbocycles. The molecule has 0 spiro atoms. The van der Waals surface area contributed by atoms with Gasteiger partial charge in [0.1, 0.15) is 6.10 Å². The van der Waals surface area contributed by atoms with Crippen LogP contribution in [0.2, 0.25) is 0 Å². The molecule has 27 heavy (non-hydrogen) atoms. The summed E-state index contributed by atoms with van der Waals surface area (Å²) in [4.78, 5) is 25.6. The molecule has 0 radical (unpaired) electrons. The molecule has 1 aromatic heterocycles. The number of nitrogens with one attached hydrogen (secondary N) is 1. The number of rotatable bonds is 8. The van der Waals surface area contributed by atoms with Gasteiger partial charge in [0.25, 0.3) is 5.56 Å². The molecule has 2 rings (SSSR count). The van der Waals surface area contributed by atoms with Gasteiger partial charge in [0, 0.05) is 11.8 Å². The molecule has 2 heterocycles. The van der Waals surface area contributed by atoms with Crippen molar-refractivity contribution < 1.29 is 27.8 Å². The van der Waals surface area contributed by atoms with Crippen LogP contribution in [0, 0.1) is 12.8 Å². The van der Waals surface area contributed by atoms with Crippen LogP contribution in [0.15, 0.2) is 15.8 Å². The van der Waals surface area contributed by atoms with E-state index in [-0.39, 0.29) is 24.9 Å². The van der Waals surface area contributed by atoms with Crippen molar-refractivity contribution in [3.8, 4) is 0 Å². The standard InChI is InChI=1S/C16H26FN2O7P/c1-5-24-27(23,25-6-2)8-10(4)13-12(20)11(17)15(26-13)19-7-9(3)14(21)18-16(19)22/h7,10-13,15,20H,5-6,8H2,1-4H3,(H,18,21,22)/t10-,11+,12-,13+,15+/m0/s1. The van der Waals surface area contributed by atoms with Gasteiger partial charge < -0.3 is 18.9 Å². The van der Waals surface area contributed by atoms with Crippen LogP contribution in [0.1, 0.15) is 32.6 Å². The summed E-state index contributed by atoms with van der Waals surface area (Å²) in [6.45, 7) is 6.81. The van der Waals surface area contributed by atoms with Gasteiger partial charge in [-0.3, -0.25) is 18.9 Å². The third-order valence-corrected chi connectivity index (χ3v) is 6.70. The van der Waals surface area contributed by atoms with Crippen LogP contribution in [0.4, 0.5) is 4.39 Å². The van der Waals surface area contributed by atoms with Crippen LogP contribution in [-0.4, -0.2) is 52.4 Å². The fourth-order valence-corrected chi connectivity index (χ4v) is 5.11. The monoisotopic (exact) mass is 408 g/mol. The SMILES string of the molecule is CCOP(=O)(C[C@H](C)[C@H]1O[C@@H](n2cc(C)c(=O)[nH]c2=O)[C@H](F)[C@@H]1O)OCC. The Morgan fingerprint density at radius 1 is 1.37 bits per heavy atom. The molecule has 1 aliphatic heterocycles. The van der Waals surface area contributed by atoms with E-state index in [0.717, 1.165) is 4.57 Å². The first kappa shape index (κ1) is 22.0. The predicted octanol–water partition coefficient (Wildman–Crippen LogP) is 1.34. The molecule has 154 valence electrons. The first-order chi connectivity index (χ1) is 12.6. The quantitative estimate of drug-likeness (QED) is 0.623. The number of hydrogen-bond acceptors (Lipinski definition) is 7. The molecule has 1 aliphatic rings. The van der Waals surface area contributed by atoms with Crippen molar-refractivity contribution in [1.29, 1.82) is 0 Å². The summed E-state index contributed by atoms with van der Waals surface area (Å²) in [7, 11) is -3.42. The minimum atomic E-state index is -3.42. The van der Waals surface area contributed by atoms with Gasteiger partial charge in [-0.1, -0.05) is 6.92 Å². The van der Waals surface area contributed by atoms with Crippen LogP contribution >= 0.6 is 7.60 Å². The largest absolute Gasteiger partial charge is 0.387 e. The summed E-state index contributed by atoms with van der Waals surface area (Å²) < 4.78 is 44.3. The van der Waals surface area contributed by atoms with Gasteiger partial charge in [0.2, 0.25) is 0 Å². The molecule has 9 nitrogen and oxygen atoms in total. The molecule has 0 amide bonds. The molecule has 0 aromatic carbocycles. The van der Waals surface area contributed by atoms with Gasteiger partial charge in [-0.2, -0.15) is 0 Å². The number of aryl methyl sites for hydroxylation is 1. The number of hydrogen-bond donors (Lipinski definition) is 2. The zero-order chi connectivity index (χ0) is 20.4. The molecule has 1 saturated heterocycles. The van der Waals surface area contributed by atoms with Crippen molar-refractivity contribution in [2.24, 2.45) is 5.92 Å². The van der Waals surface area contributed by atoms with Crippen molar-refractivity contribution in [3.05, 3.63) is 32.6 Å². The lowest BCUT2D eigenvalue weighted by molar-refractivity contribution is -0.0471. The Bertz CT molecular complexity index is 801. The molecule has 0 bridgehead atoms. The number of aliphatic hydroxyl groups excluding tert-OH is 1. The average Bonchev–Trinajstić information content (AvgIpc) is 2.87. The third kappa shape index (κ3) is 4.75. The van der Waals surface area contributed by atoms with Crippen molar-refractivity contribution in [3.63, 3.8) is 0 Å². The second-order valence-corrected chi connectivity index (χ2v) is 8.61. The molecular formula is C16H26FN2O7P. The summed E-state index contributed by atoms with van der Waals surface area (Å²) in [5.74, 6) is -0.577. The predicted molar refractivity (Wildman–Crippen MR) is 95.8 cm³/mol.